The van der Waals surface area contributed by atoms with E-state index in [4.69, 9.17) is 0 Å². The first-order valence-corrected chi connectivity index (χ1v) is 9.80. The van der Waals surface area contributed by atoms with Crippen LogP contribution in [0.2, 0.25) is 0 Å². The molecule has 0 atom stereocenters. The van der Waals surface area contributed by atoms with Crippen molar-refractivity contribution in [2.75, 3.05) is 4.90 Å². The minimum absolute atomic E-state index is 0.0382. The largest absolute Gasteiger partial charge is 0.282 e. The lowest BCUT2D eigenvalue weighted by Gasteiger charge is -2.27. The average Bonchev–Trinajstić information content (AvgIpc) is 3.10. The summed E-state index contributed by atoms with van der Waals surface area (Å²) >= 11 is 1.36. The molecule has 1 aromatic carbocycles. The predicted molar refractivity (Wildman–Crippen MR) is 102 cm³/mol. The molecule has 3 aromatic rings. The Bertz CT molecular complexity index is 906. The van der Waals surface area contributed by atoms with Crippen molar-refractivity contribution in [2.45, 2.75) is 38.6 Å². The van der Waals surface area contributed by atoms with Gasteiger partial charge in [-0.25, -0.2) is 9.37 Å². The number of amides is 1. The van der Waals surface area contributed by atoms with E-state index in [0.717, 1.165) is 36.1 Å². The zero-order valence-electron chi connectivity index (χ0n) is 14.4. The molecule has 0 bridgehead atoms. The maximum atomic E-state index is 13.5. The van der Waals surface area contributed by atoms with Crippen LogP contribution in [0, 0.1) is 11.7 Å². The first kappa shape index (κ1) is 17.1. The molecule has 0 N–H and O–H groups in total. The Balaban J connectivity index is 1.69. The fraction of sp³-hybridized carbons (Fsp3) is 0.350. The molecule has 0 saturated heterocycles. The summed E-state index contributed by atoms with van der Waals surface area (Å²) in [4.78, 5) is 23.9. The summed E-state index contributed by atoms with van der Waals surface area (Å²) in [5, 5.41) is 0.617. The monoisotopic (exact) mass is 369 g/mol. The third-order valence-corrected chi connectivity index (χ3v) is 5.88. The van der Waals surface area contributed by atoms with Crippen LogP contribution in [-0.2, 0) is 11.3 Å². The number of rotatable bonds is 4. The number of hydrogen-bond acceptors (Lipinski definition) is 4. The lowest BCUT2D eigenvalue weighted by molar-refractivity contribution is -0.123. The first-order chi connectivity index (χ1) is 12.7. The normalized spacial score (nSPS) is 15.3. The van der Waals surface area contributed by atoms with Gasteiger partial charge in [-0.15, -0.1) is 0 Å². The van der Waals surface area contributed by atoms with Gasteiger partial charge in [-0.2, -0.15) is 0 Å². The second-order valence-corrected chi connectivity index (χ2v) is 7.70. The van der Waals surface area contributed by atoms with Gasteiger partial charge in [0.15, 0.2) is 5.13 Å². The van der Waals surface area contributed by atoms with E-state index in [0.29, 0.717) is 17.2 Å². The van der Waals surface area contributed by atoms with Gasteiger partial charge in [0, 0.05) is 12.1 Å². The minimum atomic E-state index is -0.289. The van der Waals surface area contributed by atoms with Crippen LogP contribution in [0.25, 0.3) is 10.2 Å². The molecular formula is C20H20FN3OS. The van der Waals surface area contributed by atoms with Crippen molar-refractivity contribution in [3.63, 3.8) is 0 Å². The van der Waals surface area contributed by atoms with Gasteiger partial charge >= 0.3 is 0 Å². The van der Waals surface area contributed by atoms with Crippen LogP contribution >= 0.6 is 11.3 Å². The van der Waals surface area contributed by atoms with Gasteiger partial charge in [0.05, 0.1) is 22.5 Å². The van der Waals surface area contributed by atoms with Gasteiger partial charge < -0.3 is 0 Å². The van der Waals surface area contributed by atoms with Crippen LogP contribution in [0.4, 0.5) is 9.52 Å². The molecule has 1 saturated carbocycles. The van der Waals surface area contributed by atoms with Crippen molar-refractivity contribution in [3.05, 3.63) is 54.1 Å². The number of thiazole rings is 1. The molecule has 4 rings (SSSR count). The van der Waals surface area contributed by atoms with Crippen molar-refractivity contribution in [3.8, 4) is 0 Å². The average molecular weight is 369 g/mol. The molecule has 1 fully saturated rings. The van der Waals surface area contributed by atoms with E-state index in [-0.39, 0.29) is 17.6 Å². The van der Waals surface area contributed by atoms with Crippen LogP contribution in [-0.4, -0.2) is 15.9 Å². The zero-order valence-corrected chi connectivity index (χ0v) is 15.2. The Hall–Kier alpha value is -2.34. The van der Waals surface area contributed by atoms with E-state index < -0.39 is 0 Å². The maximum Gasteiger partial charge on any atom is 0.232 e. The summed E-state index contributed by atoms with van der Waals surface area (Å²) in [5.41, 5.74) is 1.54. The molecule has 0 radical (unpaired) electrons. The number of benzene rings is 1. The first-order valence-electron chi connectivity index (χ1n) is 8.98. The molecule has 1 amide bonds. The number of fused-ring (bicyclic) bond motifs is 1. The Labute approximate surface area is 155 Å². The minimum Gasteiger partial charge on any atom is -0.282 e. The van der Waals surface area contributed by atoms with E-state index >= 15 is 0 Å². The highest BCUT2D eigenvalue weighted by Gasteiger charge is 2.29. The number of nitrogens with zero attached hydrogens (tertiary/aromatic N) is 3. The summed E-state index contributed by atoms with van der Waals surface area (Å²) in [6.45, 7) is 0.387. The highest BCUT2D eigenvalue weighted by Crippen LogP contribution is 2.33. The number of halogens is 1. The fourth-order valence-corrected chi connectivity index (χ4v) is 4.46. The van der Waals surface area contributed by atoms with Crippen molar-refractivity contribution in [1.29, 1.82) is 0 Å². The maximum absolute atomic E-state index is 13.5. The topological polar surface area (TPSA) is 46.1 Å². The van der Waals surface area contributed by atoms with Crippen molar-refractivity contribution < 1.29 is 9.18 Å². The van der Waals surface area contributed by atoms with Crippen LogP contribution in [0.1, 0.15) is 37.8 Å². The third-order valence-electron chi connectivity index (χ3n) is 4.84. The third kappa shape index (κ3) is 3.60. The lowest BCUT2D eigenvalue weighted by Crippen LogP contribution is -2.36. The lowest BCUT2D eigenvalue weighted by atomic mass is 9.88. The summed E-state index contributed by atoms with van der Waals surface area (Å²) in [5.74, 6) is -0.145. The van der Waals surface area contributed by atoms with Crippen LogP contribution < -0.4 is 4.90 Å². The molecule has 1 aliphatic carbocycles. The second kappa shape index (κ2) is 7.50. The van der Waals surface area contributed by atoms with Crippen molar-refractivity contribution >= 4 is 32.6 Å². The van der Waals surface area contributed by atoms with Gasteiger partial charge in [-0.1, -0.05) is 36.7 Å². The van der Waals surface area contributed by atoms with Crippen molar-refractivity contribution in [2.24, 2.45) is 5.92 Å². The molecule has 2 aromatic heterocycles. The number of aromatic nitrogens is 2. The molecular weight excluding hydrogens is 349 g/mol. The predicted octanol–water partition coefficient (Wildman–Crippen LogP) is 4.94. The standard InChI is InChI=1S/C20H20FN3OS/c21-15-9-10-17-18(12-15)26-20(23-17)24(13-16-8-4-5-11-22-16)19(25)14-6-2-1-3-7-14/h4-5,8-12,14H,1-3,6-7,13H2. The summed E-state index contributed by atoms with van der Waals surface area (Å²) in [7, 11) is 0. The molecule has 26 heavy (non-hydrogen) atoms. The summed E-state index contributed by atoms with van der Waals surface area (Å²) in [6.07, 6.45) is 6.97. The Morgan fingerprint density at radius 1 is 1.19 bits per heavy atom. The molecule has 0 spiro atoms. The Morgan fingerprint density at radius 2 is 2.04 bits per heavy atom. The smallest absolute Gasteiger partial charge is 0.232 e. The van der Waals surface area contributed by atoms with Gasteiger partial charge in [0.25, 0.3) is 0 Å². The molecule has 4 nitrogen and oxygen atoms in total. The zero-order chi connectivity index (χ0) is 17.9. The number of carbonyl (C=O) groups is 1. The molecule has 1 aliphatic rings. The van der Waals surface area contributed by atoms with Crippen LogP contribution in [0.5, 0.6) is 0 Å². The van der Waals surface area contributed by atoms with E-state index in [9.17, 15) is 9.18 Å². The van der Waals surface area contributed by atoms with Crippen molar-refractivity contribution in [1.82, 2.24) is 9.97 Å². The molecule has 0 aliphatic heterocycles. The van der Waals surface area contributed by atoms with Gasteiger partial charge in [0.1, 0.15) is 5.82 Å². The SMILES string of the molecule is O=C(C1CCCCC1)N(Cc1ccccn1)c1nc2ccc(F)cc2s1. The number of pyridine rings is 1. The van der Waals surface area contributed by atoms with Crippen LogP contribution in [0.3, 0.4) is 0 Å². The van der Waals surface area contributed by atoms with Gasteiger partial charge in [0.2, 0.25) is 5.91 Å². The fourth-order valence-electron chi connectivity index (χ4n) is 3.47. The van der Waals surface area contributed by atoms with E-state index in [1.54, 1.807) is 17.2 Å². The quantitative estimate of drug-likeness (QED) is 0.654. The Morgan fingerprint density at radius 3 is 2.81 bits per heavy atom. The van der Waals surface area contributed by atoms with Gasteiger partial charge in [-0.3, -0.25) is 14.7 Å². The molecule has 2 heterocycles. The second-order valence-electron chi connectivity index (χ2n) is 6.69. The number of carbonyl (C=O) groups excluding carboxylic acids is 1. The number of anilines is 1. The van der Waals surface area contributed by atoms with Gasteiger partial charge in [-0.05, 0) is 43.2 Å². The number of hydrogen-bond donors (Lipinski definition) is 0. The molecule has 6 heteroatoms. The van der Waals surface area contributed by atoms with Crippen LogP contribution in [0.15, 0.2) is 42.6 Å². The van der Waals surface area contributed by atoms with E-state index in [1.165, 1.54) is 29.9 Å². The highest BCUT2D eigenvalue weighted by atomic mass is 32.1. The summed E-state index contributed by atoms with van der Waals surface area (Å²) in [6, 6.07) is 10.2. The highest BCUT2D eigenvalue weighted by molar-refractivity contribution is 7.22. The van der Waals surface area contributed by atoms with E-state index in [1.807, 2.05) is 18.2 Å². The summed E-state index contributed by atoms with van der Waals surface area (Å²) < 4.78 is 14.3. The Kier molecular flexibility index (Phi) is 4.93. The molecule has 0 unspecified atom stereocenters. The molecule has 134 valence electrons. The van der Waals surface area contributed by atoms with E-state index in [2.05, 4.69) is 9.97 Å².